The highest BCUT2D eigenvalue weighted by Crippen LogP contribution is 2.13. The normalized spacial score (nSPS) is 14.0. The molecule has 0 spiro atoms. The number of methoxy groups -OCH3 is 1. The average molecular weight is 314 g/mol. The van der Waals surface area contributed by atoms with Crippen LogP contribution in [0.25, 0.3) is 0 Å². The van der Waals surface area contributed by atoms with Crippen molar-refractivity contribution in [1.82, 2.24) is 0 Å². The molecule has 0 aliphatic rings. The Kier molecular flexibility index (Phi) is 8.11. The van der Waals surface area contributed by atoms with Gasteiger partial charge >= 0.3 is 18.0 Å². The van der Waals surface area contributed by atoms with Gasteiger partial charge in [-0.25, -0.2) is 14.1 Å². The van der Waals surface area contributed by atoms with Crippen LogP contribution in [0.15, 0.2) is 23.8 Å². The fraction of sp³-hybridized carbons (Fsp3) is 0.533. The van der Waals surface area contributed by atoms with Crippen LogP contribution in [0.4, 0.5) is 4.79 Å². The third kappa shape index (κ3) is 6.09. The standard InChI is InChI=1S/C15H23NO6/c1-5-16(3,15(20)21)10-6-7-12(13(17)18)9-8-11(2)14(19)22-4/h9H,2,5-8,10H2,1,3-4H3,(H-,17,18,20,21)/p+1. The molecule has 0 heterocycles. The van der Waals surface area contributed by atoms with E-state index in [2.05, 4.69) is 11.3 Å². The number of ether oxygens (including phenoxy) is 1. The second-order valence-electron chi connectivity index (χ2n) is 5.16. The first-order valence-corrected chi connectivity index (χ1v) is 6.94. The summed E-state index contributed by atoms with van der Waals surface area (Å²) in [6.45, 7) is 6.03. The number of carbonyl (C=O) groups excluding carboxylic acids is 1. The third-order valence-corrected chi connectivity index (χ3v) is 3.60. The van der Waals surface area contributed by atoms with Crippen LogP contribution in [0.1, 0.15) is 26.2 Å². The predicted molar refractivity (Wildman–Crippen MR) is 80.3 cm³/mol. The van der Waals surface area contributed by atoms with Gasteiger partial charge in [-0.1, -0.05) is 12.7 Å². The van der Waals surface area contributed by atoms with Crippen LogP contribution in [0.5, 0.6) is 0 Å². The largest absolute Gasteiger partial charge is 0.513 e. The molecule has 0 aromatic carbocycles. The molecule has 0 aromatic rings. The van der Waals surface area contributed by atoms with E-state index in [4.69, 9.17) is 10.2 Å². The number of amides is 1. The quantitative estimate of drug-likeness (QED) is 0.384. The number of carbonyl (C=O) groups is 3. The van der Waals surface area contributed by atoms with Crippen molar-refractivity contribution < 1.29 is 33.8 Å². The Morgan fingerprint density at radius 1 is 1.27 bits per heavy atom. The third-order valence-electron chi connectivity index (χ3n) is 3.60. The number of carboxylic acids is 1. The second-order valence-corrected chi connectivity index (χ2v) is 5.16. The molecule has 1 unspecified atom stereocenters. The van der Waals surface area contributed by atoms with Crippen LogP contribution in [-0.4, -0.2) is 60.0 Å². The Morgan fingerprint density at radius 3 is 2.27 bits per heavy atom. The van der Waals surface area contributed by atoms with Gasteiger partial charge in [0.15, 0.2) is 0 Å². The molecule has 1 amide bonds. The lowest BCUT2D eigenvalue weighted by Crippen LogP contribution is -2.48. The Hall–Kier alpha value is -2.15. The molecule has 0 saturated heterocycles. The number of hydrogen-bond donors (Lipinski definition) is 2. The zero-order valence-electron chi connectivity index (χ0n) is 13.3. The van der Waals surface area contributed by atoms with Crippen LogP contribution in [-0.2, 0) is 14.3 Å². The van der Waals surface area contributed by atoms with E-state index in [0.29, 0.717) is 19.5 Å². The van der Waals surface area contributed by atoms with E-state index in [1.54, 1.807) is 14.0 Å². The number of nitrogens with zero attached hydrogens (tertiary/aromatic N) is 1. The smallest absolute Gasteiger partial charge is 0.478 e. The maximum Gasteiger partial charge on any atom is 0.513 e. The van der Waals surface area contributed by atoms with Gasteiger partial charge < -0.3 is 14.9 Å². The number of quaternary nitrogens is 1. The van der Waals surface area contributed by atoms with Gasteiger partial charge in [0.2, 0.25) is 0 Å². The lowest BCUT2D eigenvalue weighted by molar-refractivity contribution is -0.835. The minimum atomic E-state index is -1.08. The van der Waals surface area contributed by atoms with Crippen LogP contribution in [0.2, 0.25) is 0 Å². The first-order chi connectivity index (χ1) is 10.2. The van der Waals surface area contributed by atoms with Crippen LogP contribution in [0, 0.1) is 0 Å². The second kappa shape index (κ2) is 8.99. The molecule has 22 heavy (non-hydrogen) atoms. The summed E-state index contributed by atoms with van der Waals surface area (Å²) < 4.78 is 4.32. The summed E-state index contributed by atoms with van der Waals surface area (Å²) >= 11 is 0. The molecule has 0 bridgehead atoms. The fourth-order valence-corrected chi connectivity index (χ4v) is 1.78. The number of esters is 1. The van der Waals surface area contributed by atoms with E-state index in [0.717, 1.165) is 0 Å². The Labute approximate surface area is 130 Å². The Morgan fingerprint density at radius 2 is 1.86 bits per heavy atom. The molecule has 1 atom stereocenters. The van der Waals surface area contributed by atoms with Gasteiger partial charge in [-0.3, -0.25) is 0 Å². The van der Waals surface area contributed by atoms with Crippen molar-refractivity contribution in [3.05, 3.63) is 23.8 Å². The first kappa shape index (κ1) is 19.9. The van der Waals surface area contributed by atoms with Crippen molar-refractivity contribution in [2.75, 3.05) is 27.2 Å². The zero-order valence-corrected chi connectivity index (χ0v) is 13.3. The van der Waals surface area contributed by atoms with Gasteiger partial charge in [0.05, 0.1) is 27.2 Å². The minimum absolute atomic E-state index is 0.0904. The van der Waals surface area contributed by atoms with Crippen LogP contribution >= 0.6 is 0 Å². The zero-order chi connectivity index (χ0) is 17.3. The number of rotatable bonds is 9. The van der Waals surface area contributed by atoms with Crippen molar-refractivity contribution in [2.24, 2.45) is 0 Å². The molecule has 0 aliphatic carbocycles. The van der Waals surface area contributed by atoms with Crippen molar-refractivity contribution in [3.63, 3.8) is 0 Å². The highest BCUT2D eigenvalue weighted by molar-refractivity contribution is 5.89. The Bertz CT molecular complexity index is 482. The predicted octanol–water partition coefficient (Wildman–Crippen LogP) is 2.04. The minimum Gasteiger partial charge on any atom is -0.478 e. The summed E-state index contributed by atoms with van der Waals surface area (Å²) in [6, 6.07) is 0. The van der Waals surface area contributed by atoms with Gasteiger partial charge in [0.1, 0.15) is 0 Å². The number of hydrogen-bond acceptors (Lipinski definition) is 4. The molecule has 2 N–H and O–H groups in total. The molecule has 0 rings (SSSR count). The van der Waals surface area contributed by atoms with E-state index < -0.39 is 18.0 Å². The van der Waals surface area contributed by atoms with E-state index >= 15 is 0 Å². The molecule has 0 aromatic heterocycles. The number of aliphatic carboxylic acids is 1. The van der Waals surface area contributed by atoms with Crippen molar-refractivity contribution in [2.45, 2.75) is 26.2 Å². The van der Waals surface area contributed by atoms with Gasteiger partial charge in [-0.15, -0.1) is 0 Å². The summed E-state index contributed by atoms with van der Waals surface area (Å²) in [5.41, 5.74) is 0.305. The molecule has 0 aliphatic heterocycles. The molecule has 0 saturated carbocycles. The van der Waals surface area contributed by atoms with Crippen molar-refractivity contribution in [1.29, 1.82) is 0 Å². The van der Waals surface area contributed by atoms with E-state index in [-0.39, 0.29) is 28.5 Å². The van der Waals surface area contributed by atoms with E-state index in [1.165, 1.54) is 13.2 Å². The average Bonchev–Trinajstić information content (AvgIpc) is 2.48. The molecular weight excluding hydrogens is 290 g/mol. The molecule has 7 heteroatoms. The van der Waals surface area contributed by atoms with Crippen molar-refractivity contribution in [3.8, 4) is 0 Å². The number of allylic oxidation sites excluding steroid dienone is 1. The number of carboxylic acid groups (broad SMARTS) is 2. The topological polar surface area (TPSA) is 101 Å². The molecule has 7 nitrogen and oxygen atoms in total. The van der Waals surface area contributed by atoms with Crippen LogP contribution < -0.4 is 0 Å². The van der Waals surface area contributed by atoms with Crippen molar-refractivity contribution >= 4 is 18.0 Å². The molecule has 0 fully saturated rings. The van der Waals surface area contributed by atoms with E-state index in [1.807, 2.05) is 0 Å². The highest BCUT2D eigenvalue weighted by Gasteiger charge is 2.28. The monoisotopic (exact) mass is 314 g/mol. The maximum atomic E-state index is 11.2. The highest BCUT2D eigenvalue weighted by atomic mass is 16.5. The van der Waals surface area contributed by atoms with Crippen LogP contribution in [0.3, 0.4) is 0 Å². The summed E-state index contributed by atoms with van der Waals surface area (Å²) in [6.07, 6.45) is 1.21. The Balaban J connectivity index is 4.68. The van der Waals surface area contributed by atoms with Gasteiger partial charge in [-0.05, 0) is 19.8 Å². The van der Waals surface area contributed by atoms with E-state index in [9.17, 15) is 14.4 Å². The first-order valence-electron chi connectivity index (χ1n) is 6.94. The lowest BCUT2D eigenvalue weighted by atomic mass is 10.1. The summed E-state index contributed by atoms with van der Waals surface area (Å²) in [5.74, 6) is -1.67. The summed E-state index contributed by atoms with van der Waals surface area (Å²) in [4.78, 5) is 33.5. The van der Waals surface area contributed by atoms with Gasteiger partial charge in [0, 0.05) is 17.6 Å². The summed E-state index contributed by atoms with van der Waals surface area (Å²) in [5, 5.41) is 18.3. The van der Waals surface area contributed by atoms with Gasteiger partial charge in [0.25, 0.3) is 0 Å². The fourth-order valence-electron chi connectivity index (χ4n) is 1.78. The maximum absolute atomic E-state index is 11.2. The lowest BCUT2D eigenvalue weighted by Gasteiger charge is -2.26. The molecule has 0 radical (unpaired) electrons. The molecular formula is C15H24NO6+. The molecule has 124 valence electrons. The SMILES string of the molecule is C=C(CC=C(CCC[N+](C)(CC)C(=O)O)C(=O)O)C(=O)OC. The summed E-state index contributed by atoms with van der Waals surface area (Å²) in [7, 11) is 2.82. The van der Waals surface area contributed by atoms with Gasteiger partial charge in [-0.2, -0.15) is 4.79 Å².